The highest BCUT2D eigenvalue weighted by Crippen LogP contribution is 2.39. The minimum atomic E-state index is -4.04. The van der Waals surface area contributed by atoms with Crippen molar-refractivity contribution in [2.24, 2.45) is 5.73 Å². The monoisotopic (exact) mass is 171 g/mol. The molecule has 0 aromatic carbocycles. The van der Waals surface area contributed by atoms with E-state index >= 15 is 0 Å². The number of hydrogen-bond donors (Lipinski definition) is 4. The molecule has 0 spiro atoms. The van der Waals surface area contributed by atoms with E-state index < -0.39 is 13.4 Å². The first-order chi connectivity index (χ1) is 3.98. The summed E-state index contributed by atoms with van der Waals surface area (Å²) >= 11 is 3.77. The minimum absolute atomic E-state index is 0.243. The van der Waals surface area contributed by atoms with E-state index in [4.69, 9.17) is 15.5 Å². The molecule has 0 unspecified atom stereocenters. The summed E-state index contributed by atoms with van der Waals surface area (Å²) in [5, 5.41) is 0. The Morgan fingerprint density at radius 3 is 2.22 bits per heavy atom. The summed E-state index contributed by atoms with van der Waals surface area (Å²) in [6.07, 6.45) is 0.243. The van der Waals surface area contributed by atoms with Crippen molar-refractivity contribution in [3.05, 3.63) is 0 Å². The Morgan fingerprint density at radius 1 is 1.67 bits per heavy atom. The summed E-state index contributed by atoms with van der Waals surface area (Å²) in [4.78, 5) is 16.7. The van der Waals surface area contributed by atoms with Crippen molar-refractivity contribution in [2.45, 2.75) is 12.2 Å². The zero-order valence-corrected chi connectivity index (χ0v) is 6.55. The van der Waals surface area contributed by atoms with Crippen molar-refractivity contribution >= 4 is 20.2 Å². The summed E-state index contributed by atoms with van der Waals surface area (Å²) in [5.41, 5.74) is 5.05. The van der Waals surface area contributed by atoms with E-state index in [-0.39, 0.29) is 6.42 Å². The topological polar surface area (TPSA) is 83.6 Å². The molecule has 0 saturated heterocycles. The molecular formula is C3H10NO3PS. The van der Waals surface area contributed by atoms with Gasteiger partial charge in [0.1, 0.15) is 5.78 Å². The van der Waals surface area contributed by atoms with E-state index in [9.17, 15) is 4.57 Å². The molecule has 0 aliphatic heterocycles. The average Bonchev–Trinajstić information content (AvgIpc) is 1.64. The lowest BCUT2D eigenvalue weighted by atomic mass is 10.5. The van der Waals surface area contributed by atoms with Crippen molar-refractivity contribution in [3.63, 3.8) is 0 Å². The van der Waals surface area contributed by atoms with Crippen LogP contribution in [0, 0.1) is 0 Å². The van der Waals surface area contributed by atoms with Gasteiger partial charge in [0.2, 0.25) is 0 Å². The highest BCUT2D eigenvalue weighted by molar-refractivity contribution is 7.80. The Labute approximate surface area is 59.0 Å². The molecule has 56 valence electrons. The van der Waals surface area contributed by atoms with E-state index in [0.717, 1.165) is 0 Å². The third kappa shape index (κ3) is 3.95. The fourth-order valence-corrected chi connectivity index (χ4v) is 1.25. The van der Waals surface area contributed by atoms with Gasteiger partial charge < -0.3 is 15.5 Å². The van der Waals surface area contributed by atoms with Crippen LogP contribution in [0.3, 0.4) is 0 Å². The van der Waals surface area contributed by atoms with Crippen LogP contribution >= 0.6 is 20.2 Å². The zero-order chi connectivity index (χ0) is 7.49. The Hall–Kier alpha value is 0.460. The van der Waals surface area contributed by atoms with Crippen LogP contribution in [0.1, 0.15) is 6.42 Å². The fourth-order valence-electron chi connectivity index (χ4n) is 0.300. The van der Waals surface area contributed by atoms with Gasteiger partial charge in [0, 0.05) is 0 Å². The maximum absolute atomic E-state index is 10.3. The Balaban J connectivity index is 3.74. The van der Waals surface area contributed by atoms with Gasteiger partial charge in [-0.05, 0) is 12.2 Å². The fraction of sp³-hybridized carbons (Fsp3) is 1.00. The van der Waals surface area contributed by atoms with Gasteiger partial charge in [-0.2, -0.15) is 12.6 Å². The molecule has 4 N–H and O–H groups in total. The van der Waals surface area contributed by atoms with Crippen LogP contribution in [0.2, 0.25) is 0 Å². The SMILES string of the molecule is N[C@H](CCS)P(=O)(O)O. The van der Waals surface area contributed by atoms with E-state index in [1.165, 1.54) is 0 Å². The van der Waals surface area contributed by atoms with E-state index in [1.807, 2.05) is 0 Å². The standard InChI is InChI=1S/C3H10NO3PS/c4-3(1-2-9)8(5,6)7/h3,9H,1-2,4H2,(H2,5,6,7)/t3-/m0/s1. The highest BCUT2D eigenvalue weighted by atomic mass is 32.1. The summed E-state index contributed by atoms with van der Waals surface area (Å²) in [7, 11) is -4.04. The molecule has 6 heteroatoms. The lowest BCUT2D eigenvalue weighted by molar-refractivity contribution is 0.357. The van der Waals surface area contributed by atoms with E-state index in [1.54, 1.807) is 0 Å². The summed E-state index contributed by atoms with van der Waals surface area (Å²) < 4.78 is 10.3. The van der Waals surface area contributed by atoms with Crippen molar-refractivity contribution in [1.82, 2.24) is 0 Å². The molecule has 1 atom stereocenters. The average molecular weight is 171 g/mol. The zero-order valence-electron chi connectivity index (χ0n) is 4.77. The predicted octanol–water partition coefficient (Wildman–Crippen LogP) is -0.231. The molecule has 0 heterocycles. The quantitative estimate of drug-likeness (QED) is 0.349. The molecule has 0 amide bonds. The van der Waals surface area contributed by atoms with Crippen LogP contribution in [0.15, 0.2) is 0 Å². The molecule has 0 fully saturated rings. The molecule has 0 bridgehead atoms. The van der Waals surface area contributed by atoms with Crippen molar-refractivity contribution in [2.75, 3.05) is 5.75 Å². The van der Waals surface area contributed by atoms with Crippen molar-refractivity contribution in [1.29, 1.82) is 0 Å². The van der Waals surface area contributed by atoms with Gasteiger partial charge >= 0.3 is 7.60 Å². The van der Waals surface area contributed by atoms with Crippen molar-refractivity contribution in [3.8, 4) is 0 Å². The second-order valence-electron chi connectivity index (χ2n) is 1.67. The molecule has 0 aromatic rings. The van der Waals surface area contributed by atoms with Gasteiger partial charge in [-0.3, -0.25) is 4.57 Å². The Morgan fingerprint density at radius 2 is 2.11 bits per heavy atom. The second kappa shape index (κ2) is 3.58. The summed E-state index contributed by atoms with van der Waals surface area (Å²) in [6, 6.07) is 0. The van der Waals surface area contributed by atoms with Crippen LogP contribution in [-0.4, -0.2) is 21.3 Å². The molecule has 0 aliphatic rings. The number of rotatable bonds is 3. The molecular weight excluding hydrogens is 161 g/mol. The summed E-state index contributed by atoms with van der Waals surface area (Å²) in [6.45, 7) is 0. The minimum Gasteiger partial charge on any atom is -0.323 e. The van der Waals surface area contributed by atoms with Gasteiger partial charge in [-0.25, -0.2) is 0 Å². The van der Waals surface area contributed by atoms with Gasteiger partial charge in [0.15, 0.2) is 0 Å². The molecule has 0 aromatic heterocycles. The smallest absolute Gasteiger partial charge is 0.323 e. The first kappa shape index (κ1) is 9.46. The number of nitrogens with two attached hydrogens (primary N) is 1. The van der Waals surface area contributed by atoms with Crippen molar-refractivity contribution < 1.29 is 14.4 Å². The molecule has 4 nitrogen and oxygen atoms in total. The van der Waals surface area contributed by atoms with Gasteiger partial charge in [0.25, 0.3) is 0 Å². The van der Waals surface area contributed by atoms with Gasteiger partial charge in [0.05, 0.1) is 0 Å². The summed E-state index contributed by atoms with van der Waals surface area (Å²) in [5.74, 6) is -0.651. The van der Waals surface area contributed by atoms with E-state index in [0.29, 0.717) is 5.75 Å². The molecule has 9 heavy (non-hydrogen) atoms. The van der Waals surface area contributed by atoms with Crippen LogP contribution in [0.25, 0.3) is 0 Å². The maximum Gasteiger partial charge on any atom is 0.342 e. The third-order valence-electron chi connectivity index (χ3n) is 0.857. The third-order valence-corrected chi connectivity index (χ3v) is 2.24. The molecule has 0 saturated carbocycles. The first-order valence-electron chi connectivity index (χ1n) is 2.40. The molecule has 0 aliphatic carbocycles. The number of hydrogen-bond acceptors (Lipinski definition) is 3. The Bertz CT molecular complexity index is 124. The number of thiol groups is 1. The largest absolute Gasteiger partial charge is 0.342 e. The van der Waals surface area contributed by atoms with Crippen LogP contribution in [0.4, 0.5) is 0 Å². The highest BCUT2D eigenvalue weighted by Gasteiger charge is 2.22. The molecule has 0 rings (SSSR count). The normalized spacial score (nSPS) is 15.6. The van der Waals surface area contributed by atoms with Crippen LogP contribution in [0.5, 0.6) is 0 Å². The van der Waals surface area contributed by atoms with Crippen LogP contribution in [-0.2, 0) is 4.57 Å². The lowest BCUT2D eigenvalue weighted by Crippen LogP contribution is -2.20. The predicted molar refractivity (Wildman–Crippen MR) is 38.5 cm³/mol. The Kier molecular flexibility index (Phi) is 3.77. The first-order valence-corrected chi connectivity index (χ1v) is 4.71. The van der Waals surface area contributed by atoms with Gasteiger partial charge in [-0.1, -0.05) is 0 Å². The molecule has 0 radical (unpaired) electrons. The van der Waals surface area contributed by atoms with E-state index in [2.05, 4.69) is 12.6 Å². The lowest BCUT2D eigenvalue weighted by Gasteiger charge is -2.10. The second-order valence-corrected chi connectivity index (χ2v) is 3.96. The maximum atomic E-state index is 10.3. The van der Waals surface area contributed by atoms with Crippen LogP contribution < -0.4 is 5.73 Å². The van der Waals surface area contributed by atoms with Gasteiger partial charge in [-0.15, -0.1) is 0 Å².